The summed E-state index contributed by atoms with van der Waals surface area (Å²) < 4.78 is 27.1. The van der Waals surface area contributed by atoms with Crippen LogP contribution in [0.3, 0.4) is 0 Å². The van der Waals surface area contributed by atoms with E-state index in [1.165, 1.54) is 6.07 Å². The minimum atomic E-state index is -0.710. The molecule has 0 spiro atoms. The molecule has 3 nitrogen and oxygen atoms in total. The molecule has 0 saturated carbocycles. The van der Waals surface area contributed by atoms with Gasteiger partial charge in [-0.3, -0.25) is 0 Å². The van der Waals surface area contributed by atoms with Gasteiger partial charge in [-0.25, -0.2) is 18.7 Å². The van der Waals surface area contributed by atoms with E-state index in [1.807, 2.05) is 6.92 Å². The molecule has 0 saturated heterocycles. The van der Waals surface area contributed by atoms with Crippen molar-refractivity contribution < 1.29 is 8.78 Å². The molecular weight excluding hydrogens is 352 g/mol. The van der Waals surface area contributed by atoms with Crippen molar-refractivity contribution in [2.24, 2.45) is 0 Å². The highest BCUT2D eigenvalue weighted by Gasteiger charge is 2.13. The van der Waals surface area contributed by atoms with E-state index in [1.54, 1.807) is 6.92 Å². The normalized spacial score (nSPS) is 10.7. The van der Waals surface area contributed by atoms with E-state index in [0.29, 0.717) is 28.8 Å². The Morgan fingerprint density at radius 3 is 2.60 bits per heavy atom. The average molecular weight is 363 g/mol. The van der Waals surface area contributed by atoms with Crippen molar-refractivity contribution in [3.8, 4) is 0 Å². The Labute approximate surface area is 128 Å². The molecular formula is C13H11BrClF2N3. The van der Waals surface area contributed by atoms with Crippen LogP contribution in [0.1, 0.15) is 18.3 Å². The first-order valence-corrected chi connectivity index (χ1v) is 7.04. The quantitative estimate of drug-likeness (QED) is 0.630. The number of anilines is 2. The molecule has 0 aliphatic rings. The topological polar surface area (TPSA) is 37.8 Å². The van der Waals surface area contributed by atoms with Gasteiger partial charge in [0.2, 0.25) is 0 Å². The fourth-order valence-corrected chi connectivity index (χ4v) is 2.09. The van der Waals surface area contributed by atoms with E-state index in [9.17, 15) is 8.78 Å². The van der Waals surface area contributed by atoms with Crippen LogP contribution in [-0.2, 0) is 6.42 Å². The number of nitrogens with one attached hydrogen (secondary N) is 1. The van der Waals surface area contributed by atoms with Crippen molar-refractivity contribution in [3.05, 3.63) is 44.8 Å². The highest BCUT2D eigenvalue weighted by molar-refractivity contribution is 9.10. The van der Waals surface area contributed by atoms with Gasteiger partial charge in [-0.15, -0.1) is 0 Å². The molecule has 106 valence electrons. The molecule has 2 rings (SSSR count). The third-order valence-electron chi connectivity index (χ3n) is 2.71. The molecule has 1 heterocycles. The summed E-state index contributed by atoms with van der Waals surface area (Å²) in [4.78, 5) is 8.36. The predicted octanol–water partition coefficient (Wildman–Crippen LogP) is 4.79. The fraction of sp³-hybridized carbons (Fsp3) is 0.231. The maximum atomic E-state index is 13.7. The van der Waals surface area contributed by atoms with Gasteiger partial charge in [-0.1, -0.05) is 18.5 Å². The zero-order valence-corrected chi connectivity index (χ0v) is 13.1. The Bertz CT molecular complexity index is 665. The van der Waals surface area contributed by atoms with Crippen molar-refractivity contribution in [2.75, 3.05) is 5.32 Å². The van der Waals surface area contributed by atoms with E-state index in [-0.39, 0.29) is 10.2 Å². The van der Waals surface area contributed by atoms with Gasteiger partial charge >= 0.3 is 0 Å². The number of halogens is 4. The van der Waals surface area contributed by atoms with Crippen LogP contribution in [-0.4, -0.2) is 9.97 Å². The lowest BCUT2D eigenvalue weighted by molar-refractivity contribution is 0.581. The number of aromatic nitrogens is 2. The van der Waals surface area contributed by atoms with Gasteiger partial charge in [0.1, 0.15) is 28.4 Å². The van der Waals surface area contributed by atoms with Gasteiger partial charge in [0.15, 0.2) is 0 Å². The number of hydrogen-bond acceptors (Lipinski definition) is 3. The maximum Gasteiger partial charge on any atom is 0.149 e. The van der Waals surface area contributed by atoms with Crippen LogP contribution in [0.2, 0.25) is 5.15 Å². The molecule has 7 heteroatoms. The zero-order chi connectivity index (χ0) is 14.9. The summed E-state index contributed by atoms with van der Waals surface area (Å²) in [7, 11) is 0. The van der Waals surface area contributed by atoms with E-state index in [4.69, 9.17) is 11.6 Å². The van der Waals surface area contributed by atoms with Gasteiger partial charge in [0, 0.05) is 18.1 Å². The molecule has 1 aromatic carbocycles. The van der Waals surface area contributed by atoms with Crippen molar-refractivity contribution in [1.29, 1.82) is 0 Å². The fourth-order valence-electron chi connectivity index (χ4n) is 1.56. The first kappa shape index (κ1) is 15.1. The van der Waals surface area contributed by atoms with Crippen molar-refractivity contribution >= 4 is 39.0 Å². The lowest BCUT2D eigenvalue weighted by Crippen LogP contribution is -2.04. The van der Waals surface area contributed by atoms with Gasteiger partial charge in [-0.05, 0) is 28.9 Å². The zero-order valence-electron chi connectivity index (χ0n) is 10.8. The van der Waals surface area contributed by atoms with Crippen molar-refractivity contribution in [2.45, 2.75) is 20.3 Å². The number of rotatable bonds is 3. The molecule has 20 heavy (non-hydrogen) atoms. The standard InChI is InChI=1S/C13H11BrClF2N3/c1-3-11-19-12(15)6(2)13(20-11)18-10-4-7(14)8(16)5-9(10)17/h4-5H,3H2,1-2H3,(H,18,19,20). The number of nitrogens with zero attached hydrogens (tertiary/aromatic N) is 2. The third kappa shape index (κ3) is 3.07. The molecule has 0 radical (unpaired) electrons. The smallest absolute Gasteiger partial charge is 0.149 e. The Hall–Kier alpha value is -1.27. The largest absolute Gasteiger partial charge is 0.337 e. The van der Waals surface area contributed by atoms with E-state index >= 15 is 0 Å². The molecule has 0 fully saturated rings. The second-order valence-corrected chi connectivity index (χ2v) is 5.34. The van der Waals surface area contributed by atoms with Gasteiger partial charge < -0.3 is 5.32 Å². The number of benzene rings is 1. The molecule has 2 aromatic rings. The van der Waals surface area contributed by atoms with Gasteiger partial charge in [0.05, 0.1) is 10.2 Å². The third-order valence-corrected chi connectivity index (χ3v) is 3.69. The molecule has 0 atom stereocenters. The monoisotopic (exact) mass is 361 g/mol. The van der Waals surface area contributed by atoms with Crippen LogP contribution in [0.25, 0.3) is 0 Å². The first-order valence-electron chi connectivity index (χ1n) is 5.87. The highest BCUT2D eigenvalue weighted by atomic mass is 79.9. The summed E-state index contributed by atoms with van der Waals surface area (Å²) >= 11 is 9.02. The second kappa shape index (κ2) is 6.01. The molecule has 0 amide bonds. The van der Waals surface area contributed by atoms with E-state index in [2.05, 4.69) is 31.2 Å². The second-order valence-electron chi connectivity index (χ2n) is 4.13. The molecule has 1 aromatic heterocycles. The van der Waals surface area contributed by atoms with E-state index in [0.717, 1.165) is 6.07 Å². The minimum Gasteiger partial charge on any atom is -0.337 e. The number of aryl methyl sites for hydroxylation is 1. The lowest BCUT2D eigenvalue weighted by Gasteiger charge is -2.12. The van der Waals surface area contributed by atoms with Crippen molar-refractivity contribution in [1.82, 2.24) is 9.97 Å². The molecule has 0 bridgehead atoms. The van der Waals surface area contributed by atoms with Gasteiger partial charge in [-0.2, -0.15) is 0 Å². The summed E-state index contributed by atoms with van der Waals surface area (Å²) in [5.74, 6) is -0.429. The lowest BCUT2D eigenvalue weighted by atomic mass is 10.2. The summed E-state index contributed by atoms with van der Waals surface area (Å²) in [6.07, 6.45) is 0.601. The Kier molecular flexibility index (Phi) is 4.55. The van der Waals surface area contributed by atoms with Crippen LogP contribution in [0.4, 0.5) is 20.3 Å². The average Bonchev–Trinajstić information content (AvgIpc) is 2.40. The van der Waals surface area contributed by atoms with E-state index < -0.39 is 11.6 Å². The Morgan fingerprint density at radius 1 is 1.25 bits per heavy atom. The first-order chi connectivity index (χ1) is 9.42. The van der Waals surface area contributed by atoms with Crippen LogP contribution in [0, 0.1) is 18.6 Å². The van der Waals surface area contributed by atoms with Crippen LogP contribution in [0.15, 0.2) is 16.6 Å². The maximum absolute atomic E-state index is 13.7. The molecule has 1 N–H and O–H groups in total. The SMILES string of the molecule is CCc1nc(Cl)c(C)c(Nc2cc(Br)c(F)cc2F)n1. The molecule has 0 aliphatic heterocycles. The molecule has 0 unspecified atom stereocenters. The number of hydrogen-bond donors (Lipinski definition) is 1. The Balaban J connectivity index is 2.44. The van der Waals surface area contributed by atoms with Crippen LogP contribution < -0.4 is 5.32 Å². The van der Waals surface area contributed by atoms with Crippen molar-refractivity contribution in [3.63, 3.8) is 0 Å². The summed E-state index contributed by atoms with van der Waals surface area (Å²) in [5, 5.41) is 3.12. The van der Waals surface area contributed by atoms with Crippen LogP contribution in [0.5, 0.6) is 0 Å². The predicted molar refractivity (Wildman–Crippen MR) is 78.5 cm³/mol. The summed E-state index contributed by atoms with van der Waals surface area (Å²) in [6, 6.07) is 2.11. The van der Waals surface area contributed by atoms with Gasteiger partial charge in [0.25, 0.3) is 0 Å². The summed E-state index contributed by atoms with van der Waals surface area (Å²) in [6.45, 7) is 3.61. The molecule has 0 aliphatic carbocycles. The highest BCUT2D eigenvalue weighted by Crippen LogP contribution is 2.28. The Morgan fingerprint density at radius 2 is 1.95 bits per heavy atom. The van der Waals surface area contributed by atoms with Crippen LogP contribution >= 0.6 is 27.5 Å². The summed E-state index contributed by atoms with van der Waals surface area (Å²) in [5.41, 5.74) is 0.710. The minimum absolute atomic E-state index is 0.109.